The zero-order valence-corrected chi connectivity index (χ0v) is 10.1. The summed E-state index contributed by atoms with van der Waals surface area (Å²) in [4.78, 5) is 0. The van der Waals surface area contributed by atoms with E-state index in [-0.39, 0.29) is 11.9 Å². The van der Waals surface area contributed by atoms with Gasteiger partial charge in [0.2, 0.25) is 0 Å². The van der Waals surface area contributed by atoms with E-state index in [1.54, 1.807) is 12.1 Å². The monoisotopic (exact) mass is 237 g/mol. The van der Waals surface area contributed by atoms with Crippen molar-refractivity contribution in [3.63, 3.8) is 0 Å². The van der Waals surface area contributed by atoms with E-state index in [1.807, 2.05) is 0 Å². The number of ether oxygens (including phenoxy) is 1. The summed E-state index contributed by atoms with van der Waals surface area (Å²) in [5.74, 6) is -0.196. The van der Waals surface area contributed by atoms with E-state index in [2.05, 4.69) is 0 Å². The molecule has 2 rings (SSSR count). The maximum absolute atomic E-state index is 12.7. The Hall–Kier alpha value is -0.930. The van der Waals surface area contributed by atoms with Crippen LogP contribution < -0.4 is 5.73 Å². The lowest BCUT2D eigenvalue weighted by molar-refractivity contribution is 0.00747. The number of hydrogen-bond acceptors (Lipinski definition) is 2. The highest BCUT2D eigenvalue weighted by Gasteiger charge is 2.17. The average molecular weight is 237 g/mol. The fourth-order valence-corrected chi connectivity index (χ4v) is 2.34. The molecule has 1 aromatic rings. The van der Waals surface area contributed by atoms with Gasteiger partial charge in [-0.1, -0.05) is 12.1 Å². The Morgan fingerprint density at radius 1 is 1.29 bits per heavy atom. The minimum Gasteiger partial charge on any atom is -0.378 e. The van der Waals surface area contributed by atoms with E-state index in [0.29, 0.717) is 6.10 Å². The summed E-state index contributed by atoms with van der Waals surface area (Å²) in [7, 11) is 0. The Morgan fingerprint density at radius 3 is 2.71 bits per heavy atom. The highest BCUT2D eigenvalue weighted by molar-refractivity contribution is 5.17. The Bertz CT molecular complexity index is 333. The molecule has 94 valence electrons. The Labute approximate surface area is 102 Å². The molecule has 2 N–H and O–H groups in total. The van der Waals surface area contributed by atoms with Crippen molar-refractivity contribution in [2.45, 2.75) is 44.2 Å². The van der Waals surface area contributed by atoms with Crippen LogP contribution in [0.4, 0.5) is 4.39 Å². The van der Waals surface area contributed by atoms with E-state index in [1.165, 1.54) is 25.0 Å². The van der Waals surface area contributed by atoms with Gasteiger partial charge in [-0.3, -0.25) is 0 Å². The SMILES string of the molecule is NC(Cc1ccc(F)cc1)CC1CCCCO1. The lowest BCUT2D eigenvalue weighted by Gasteiger charge is -2.25. The lowest BCUT2D eigenvalue weighted by Crippen LogP contribution is -2.31. The summed E-state index contributed by atoms with van der Waals surface area (Å²) >= 11 is 0. The van der Waals surface area contributed by atoms with Crippen LogP contribution >= 0.6 is 0 Å². The van der Waals surface area contributed by atoms with Gasteiger partial charge in [0.25, 0.3) is 0 Å². The summed E-state index contributed by atoms with van der Waals surface area (Å²) in [6, 6.07) is 6.68. The molecule has 1 aliphatic rings. The van der Waals surface area contributed by atoms with Gasteiger partial charge in [0.1, 0.15) is 5.82 Å². The smallest absolute Gasteiger partial charge is 0.123 e. The second kappa shape index (κ2) is 6.12. The standard InChI is InChI=1S/C14H20FNO/c15-12-6-4-11(5-7-12)9-13(16)10-14-3-1-2-8-17-14/h4-7,13-14H,1-3,8-10,16H2. The number of benzene rings is 1. The summed E-state index contributed by atoms with van der Waals surface area (Å²) in [5.41, 5.74) is 7.19. The molecular weight excluding hydrogens is 217 g/mol. The van der Waals surface area contributed by atoms with Crippen LogP contribution in [-0.2, 0) is 11.2 Å². The molecule has 1 fully saturated rings. The molecule has 1 aromatic carbocycles. The van der Waals surface area contributed by atoms with Crippen LogP contribution in [0.25, 0.3) is 0 Å². The summed E-state index contributed by atoms with van der Waals surface area (Å²) in [6.07, 6.45) is 5.55. The van der Waals surface area contributed by atoms with Crippen molar-refractivity contribution >= 4 is 0 Å². The molecule has 0 amide bonds. The van der Waals surface area contributed by atoms with Crippen LogP contribution in [0.1, 0.15) is 31.2 Å². The number of halogens is 1. The molecule has 3 heteroatoms. The first-order chi connectivity index (χ1) is 8.24. The third-order valence-corrected chi connectivity index (χ3v) is 3.25. The molecular formula is C14H20FNO. The van der Waals surface area contributed by atoms with E-state index >= 15 is 0 Å². The van der Waals surface area contributed by atoms with Gasteiger partial charge in [-0.2, -0.15) is 0 Å². The number of nitrogens with two attached hydrogens (primary N) is 1. The zero-order chi connectivity index (χ0) is 12.1. The quantitative estimate of drug-likeness (QED) is 0.873. The zero-order valence-electron chi connectivity index (χ0n) is 10.1. The molecule has 1 heterocycles. The van der Waals surface area contributed by atoms with E-state index in [4.69, 9.17) is 10.5 Å². The third kappa shape index (κ3) is 4.10. The molecule has 2 atom stereocenters. The van der Waals surface area contributed by atoms with Crippen molar-refractivity contribution < 1.29 is 9.13 Å². The molecule has 1 aliphatic heterocycles. The van der Waals surface area contributed by atoms with Crippen molar-refractivity contribution in [1.82, 2.24) is 0 Å². The Kier molecular flexibility index (Phi) is 4.51. The van der Waals surface area contributed by atoms with Crippen molar-refractivity contribution in [2.75, 3.05) is 6.61 Å². The van der Waals surface area contributed by atoms with Crippen molar-refractivity contribution in [2.24, 2.45) is 5.73 Å². The molecule has 2 nitrogen and oxygen atoms in total. The van der Waals surface area contributed by atoms with Gasteiger partial charge in [0.05, 0.1) is 6.10 Å². The molecule has 0 aromatic heterocycles. The van der Waals surface area contributed by atoms with Crippen LogP contribution in [0, 0.1) is 5.82 Å². The fraction of sp³-hybridized carbons (Fsp3) is 0.571. The van der Waals surface area contributed by atoms with Gasteiger partial charge in [-0.25, -0.2) is 4.39 Å². The summed E-state index contributed by atoms with van der Waals surface area (Å²) in [5, 5.41) is 0. The van der Waals surface area contributed by atoms with Crippen molar-refractivity contribution in [3.8, 4) is 0 Å². The van der Waals surface area contributed by atoms with Crippen LogP contribution in [0.3, 0.4) is 0 Å². The first kappa shape index (κ1) is 12.5. The molecule has 0 spiro atoms. The van der Waals surface area contributed by atoms with Crippen LogP contribution in [-0.4, -0.2) is 18.8 Å². The highest BCUT2D eigenvalue weighted by Crippen LogP contribution is 2.18. The van der Waals surface area contributed by atoms with E-state index in [9.17, 15) is 4.39 Å². The van der Waals surface area contributed by atoms with Gasteiger partial charge < -0.3 is 10.5 Å². The van der Waals surface area contributed by atoms with E-state index in [0.717, 1.165) is 31.4 Å². The minimum absolute atomic E-state index is 0.101. The minimum atomic E-state index is -0.196. The lowest BCUT2D eigenvalue weighted by atomic mass is 9.97. The molecule has 0 saturated carbocycles. The maximum atomic E-state index is 12.7. The van der Waals surface area contributed by atoms with Gasteiger partial charge in [0, 0.05) is 12.6 Å². The molecule has 0 bridgehead atoms. The summed E-state index contributed by atoms with van der Waals surface area (Å²) < 4.78 is 18.4. The van der Waals surface area contributed by atoms with Gasteiger partial charge in [0.15, 0.2) is 0 Å². The Morgan fingerprint density at radius 2 is 2.06 bits per heavy atom. The van der Waals surface area contributed by atoms with Crippen LogP contribution in [0.5, 0.6) is 0 Å². The number of rotatable bonds is 4. The van der Waals surface area contributed by atoms with Gasteiger partial charge >= 0.3 is 0 Å². The second-order valence-electron chi connectivity index (χ2n) is 4.81. The molecule has 0 aliphatic carbocycles. The molecule has 0 radical (unpaired) electrons. The normalized spacial score (nSPS) is 22.4. The topological polar surface area (TPSA) is 35.2 Å². The fourth-order valence-electron chi connectivity index (χ4n) is 2.34. The van der Waals surface area contributed by atoms with Crippen molar-refractivity contribution in [1.29, 1.82) is 0 Å². The predicted molar refractivity (Wildman–Crippen MR) is 66.3 cm³/mol. The van der Waals surface area contributed by atoms with E-state index < -0.39 is 0 Å². The average Bonchev–Trinajstić information content (AvgIpc) is 2.33. The largest absolute Gasteiger partial charge is 0.378 e. The maximum Gasteiger partial charge on any atom is 0.123 e. The Balaban J connectivity index is 1.79. The summed E-state index contributed by atoms with van der Waals surface area (Å²) in [6.45, 7) is 0.869. The number of hydrogen-bond donors (Lipinski definition) is 1. The third-order valence-electron chi connectivity index (χ3n) is 3.25. The van der Waals surface area contributed by atoms with Crippen LogP contribution in [0.15, 0.2) is 24.3 Å². The first-order valence-corrected chi connectivity index (χ1v) is 6.35. The van der Waals surface area contributed by atoms with Crippen molar-refractivity contribution in [3.05, 3.63) is 35.6 Å². The first-order valence-electron chi connectivity index (χ1n) is 6.35. The highest BCUT2D eigenvalue weighted by atomic mass is 19.1. The predicted octanol–water partition coefficient (Wildman–Crippen LogP) is 2.65. The van der Waals surface area contributed by atoms with Gasteiger partial charge in [-0.15, -0.1) is 0 Å². The molecule has 2 unspecified atom stereocenters. The molecule has 17 heavy (non-hydrogen) atoms. The van der Waals surface area contributed by atoms with Crippen LogP contribution in [0.2, 0.25) is 0 Å². The second-order valence-corrected chi connectivity index (χ2v) is 4.81. The molecule has 1 saturated heterocycles. The van der Waals surface area contributed by atoms with Gasteiger partial charge in [-0.05, 0) is 49.8 Å².